The van der Waals surface area contributed by atoms with Gasteiger partial charge in [-0.05, 0) is 38.6 Å². The molecule has 5 nitrogen and oxygen atoms in total. The maximum absolute atomic E-state index is 11.7. The van der Waals surface area contributed by atoms with Crippen molar-refractivity contribution in [2.75, 3.05) is 13.1 Å². The highest BCUT2D eigenvalue weighted by Gasteiger charge is 2.21. The first-order valence-corrected chi connectivity index (χ1v) is 7.01. The Labute approximate surface area is 109 Å². The molecule has 1 saturated heterocycles. The smallest absolute Gasteiger partial charge is 0.242 e. The van der Waals surface area contributed by atoms with Gasteiger partial charge < -0.3 is 16.4 Å². The third-order valence-electron chi connectivity index (χ3n) is 3.23. The van der Waals surface area contributed by atoms with Crippen molar-refractivity contribution in [3.63, 3.8) is 0 Å². The number of nitrogens with one attached hydrogen (secondary N) is 2. The number of nitrogens with two attached hydrogens (primary N) is 1. The van der Waals surface area contributed by atoms with E-state index in [1.165, 1.54) is 0 Å². The average molecular weight is 255 g/mol. The second kappa shape index (κ2) is 8.91. The summed E-state index contributed by atoms with van der Waals surface area (Å²) in [5, 5.41) is 5.64. The summed E-state index contributed by atoms with van der Waals surface area (Å²) >= 11 is 0. The minimum absolute atomic E-state index is 0.00945. The molecule has 1 rings (SSSR count). The molecule has 104 valence electrons. The first kappa shape index (κ1) is 15.0. The molecule has 4 N–H and O–H groups in total. The van der Waals surface area contributed by atoms with Crippen molar-refractivity contribution in [2.45, 2.75) is 57.4 Å². The highest BCUT2D eigenvalue weighted by atomic mass is 16.2. The molecule has 0 spiro atoms. The molecule has 1 aliphatic heterocycles. The summed E-state index contributed by atoms with van der Waals surface area (Å²) in [5.74, 6) is -0.0474. The molecule has 1 aliphatic rings. The van der Waals surface area contributed by atoms with E-state index in [1.807, 2.05) is 0 Å². The van der Waals surface area contributed by atoms with Crippen LogP contribution < -0.4 is 16.4 Å². The molecule has 1 heterocycles. The van der Waals surface area contributed by atoms with Crippen molar-refractivity contribution in [1.29, 1.82) is 0 Å². The molecule has 0 bridgehead atoms. The maximum Gasteiger partial charge on any atom is 0.242 e. The van der Waals surface area contributed by atoms with E-state index in [2.05, 4.69) is 10.6 Å². The summed E-state index contributed by atoms with van der Waals surface area (Å²) < 4.78 is 0. The monoisotopic (exact) mass is 255 g/mol. The summed E-state index contributed by atoms with van der Waals surface area (Å²) in [5.41, 5.74) is 5.40. The molecular weight excluding hydrogens is 230 g/mol. The van der Waals surface area contributed by atoms with Crippen LogP contribution in [-0.2, 0) is 9.59 Å². The van der Waals surface area contributed by atoms with Crippen LogP contribution in [0.4, 0.5) is 0 Å². The van der Waals surface area contributed by atoms with Gasteiger partial charge in [0.2, 0.25) is 11.8 Å². The van der Waals surface area contributed by atoms with Crippen LogP contribution in [0.2, 0.25) is 0 Å². The number of carbonyl (C=O) groups is 2. The number of carbonyl (C=O) groups excluding carboxylic acids is 2. The summed E-state index contributed by atoms with van der Waals surface area (Å²) in [6.45, 7) is 1.44. The van der Waals surface area contributed by atoms with E-state index >= 15 is 0 Å². The number of amides is 2. The van der Waals surface area contributed by atoms with Gasteiger partial charge in [0.15, 0.2) is 0 Å². The van der Waals surface area contributed by atoms with Gasteiger partial charge in [-0.3, -0.25) is 9.59 Å². The summed E-state index contributed by atoms with van der Waals surface area (Å²) in [6, 6.07) is -0.330. The number of rotatable bonds is 7. The number of hydrogen-bond donors (Lipinski definition) is 3. The van der Waals surface area contributed by atoms with Crippen molar-refractivity contribution >= 4 is 11.8 Å². The lowest BCUT2D eigenvalue weighted by Gasteiger charge is -2.15. The normalized spacial score (nSPS) is 20.1. The molecular formula is C13H25N3O2. The van der Waals surface area contributed by atoms with Gasteiger partial charge >= 0.3 is 0 Å². The van der Waals surface area contributed by atoms with Crippen molar-refractivity contribution < 1.29 is 9.59 Å². The van der Waals surface area contributed by atoms with E-state index in [4.69, 9.17) is 5.73 Å². The van der Waals surface area contributed by atoms with Gasteiger partial charge in [0.05, 0.1) is 0 Å². The second-order valence-corrected chi connectivity index (χ2v) is 4.86. The van der Waals surface area contributed by atoms with Gasteiger partial charge in [-0.2, -0.15) is 0 Å². The van der Waals surface area contributed by atoms with Crippen LogP contribution in [0.15, 0.2) is 0 Å². The van der Waals surface area contributed by atoms with Crippen molar-refractivity contribution in [2.24, 2.45) is 5.73 Å². The fourth-order valence-corrected chi connectivity index (χ4v) is 2.13. The van der Waals surface area contributed by atoms with Gasteiger partial charge in [0.1, 0.15) is 6.04 Å². The molecule has 1 unspecified atom stereocenters. The molecule has 0 aliphatic carbocycles. The quantitative estimate of drug-likeness (QED) is 0.585. The topological polar surface area (TPSA) is 84.2 Å². The fraction of sp³-hybridized carbons (Fsp3) is 0.846. The van der Waals surface area contributed by atoms with E-state index in [0.717, 1.165) is 51.5 Å². The highest BCUT2D eigenvalue weighted by Crippen LogP contribution is 2.07. The Morgan fingerprint density at radius 1 is 1.28 bits per heavy atom. The average Bonchev–Trinajstić information content (AvgIpc) is 2.55. The van der Waals surface area contributed by atoms with E-state index in [0.29, 0.717) is 13.0 Å². The zero-order valence-electron chi connectivity index (χ0n) is 11.0. The van der Waals surface area contributed by atoms with Gasteiger partial charge in [0.25, 0.3) is 0 Å². The second-order valence-electron chi connectivity index (χ2n) is 4.86. The van der Waals surface area contributed by atoms with Crippen LogP contribution in [0.25, 0.3) is 0 Å². The van der Waals surface area contributed by atoms with Crippen LogP contribution in [0.5, 0.6) is 0 Å². The Kier molecular flexibility index (Phi) is 7.41. The Hall–Kier alpha value is -1.10. The first-order chi connectivity index (χ1) is 8.74. The molecule has 0 aromatic rings. The van der Waals surface area contributed by atoms with Crippen molar-refractivity contribution in [1.82, 2.24) is 10.6 Å². The minimum atomic E-state index is -0.330. The van der Waals surface area contributed by atoms with Gasteiger partial charge in [-0.25, -0.2) is 0 Å². The van der Waals surface area contributed by atoms with Crippen LogP contribution in [-0.4, -0.2) is 30.9 Å². The van der Waals surface area contributed by atoms with Crippen LogP contribution in [0.1, 0.15) is 51.4 Å². The van der Waals surface area contributed by atoms with E-state index in [-0.39, 0.29) is 17.9 Å². The highest BCUT2D eigenvalue weighted by molar-refractivity contribution is 5.87. The number of unbranched alkanes of at least 4 members (excludes halogenated alkanes) is 3. The summed E-state index contributed by atoms with van der Waals surface area (Å²) in [6.07, 6.45) is 7.25. The molecule has 0 aromatic heterocycles. The Morgan fingerprint density at radius 2 is 2.06 bits per heavy atom. The number of hydrogen-bond acceptors (Lipinski definition) is 3. The van der Waals surface area contributed by atoms with Crippen molar-refractivity contribution in [3.8, 4) is 0 Å². The maximum atomic E-state index is 11.7. The molecule has 1 atom stereocenters. The summed E-state index contributed by atoms with van der Waals surface area (Å²) in [4.78, 5) is 23.3. The zero-order valence-corrected chi connectivity index (χ0v) is 11.0. The lowest BCUT2D eigenvalue weighted by molar-refractivity contribution is -0.128. The van der Waals surface area contributed by atoms with Crippen LogP contribution >= 0.6 is 0 Å². The van der Waals surface area contributed by atoms with Gasteiger partial charge in [-0.15, -0.1) is 0 Å². The molecule has 18 heavy (non-hydrogen) atoms. The Bertz CT molecular complexity index is 269. The van der Waals surface area contributed by atoms with Gasteiger partial charge in [-0.1, -0.05) is 12.8 Å². The Morgan fingerprint density at radius 3 is 2.83 bits per heavy atom. The minimum Gasteiger partial charge on any atom is -0.354 e. The molecule has 2 amide bonds. The summed E-state index contributed by atoms with van der Waals surface area (Å²) in [7, 11) is 0. The lowest BCUT2D eigenvalue weighted by Crippen LogP contribution is -2.45. The third kappa shape index (κ3) is 6.00. The van der Waals surface area contributed by atoms with E-state index < -0.39 is 0 Å². The molecule has 0 aromatic carbocycles. The van der Waals surface area contributed by atoms with Crippen LogP contribution in [0.3, 0.4) is 0 Å². The van der Waals surface area contributed by atoms with E-state index in [1.54, 1.807) is 0 Å². The zero-order chi connectivity index (χ0) is 13.2. The van der Waals surface area contributed by atoms with Crippen LogP contribution in [0, 0.1) is 0 Å². The third-order valence-corrected chi connectivity index (χ3v) is 3.23. The Balaban J connectivity index is 2.16. The SMILES string of the molecule is NCCCCCCC(=O)NC1CCCCNC1=O. The first-order valence-electron chi connectivity index (χ1n) is 7.01. The predicted molar refractivity (Wildman–Crippen MR) is 70.9 cm³/mol. The molecule has 0 saturated carbocycles. The predicted octanol–water partition coefficient (Wildman–Crippen LogP) is 0.680. The molecule has 5 heteroatoms. The van der Waals surface area contributed by atoms with Gasteiger partial charge in [0, 0.05) is 13.0 Å². The largest absolute Gasteiger partial charge is 0.354 e. The fourth-order valence-electron chi connectivity index (χ4n) is 2.13. The molecule has 0 radical (unpaired) electrons. The lowest BCUT2D eigenvalue weighted by atomic mass is 10.1. The standard InChI is InChI=1S/C13H25N3O2/c14-9-5-2-1-3-8-12(17)16-11-7-4-6-10-15-13(11)18/h11H,1-10,14H2,(H,15,18)(H,16,17). The molecule has 1 fully saturated rings. The van der Waals surface area contributed by atoms with E-state index in [9.17, 15) is 9.59 Å². The van der Waals surface area contributed by atoms with Crippen molar-refractivity contribution in [3.05, 3.63) is 0 Å².